The molecule has 0 rings (SSSR count). The van der Waals surface area contributed by atoms with E-state index in [1.165, 1.54) is 0 Å². The van der Waals surface area contributed by atoms with Crippen LogP contribution >= 0.6 is 7.82 Å². The normalized spacial score (nSPS) is 9.92. The molecule has 0 aromatic carbocycles. The molecule has 13 heteroatoms. The van der Waals surface area contributed by atoms with Crippen LogP contribution in [-0.4, -0.2) is 67.3 Å². The predicted octanol–water partition coefficient (Wildman–Crippen LogP) is -1.85. The van der Waals surface area contributed by atoms with Crippen LogP contribution in [-0.2, 0) is 19.6 Å². The van der Waals surface area contributed by atoms with Crippen molar-refractivity contribution in [2.75, 3.05) is 0 Å². The smallest absolute Gasteiger partial charge is 0.301 e. The molecule has 0 amide bonds. The Balaban J connectivity index is -0.0000000546. The summed E-state index contributed by atoms with van der Waals surface area (Å²) in [5, 5.41) is 7.14. The maximum absolute atomic E-state index is 9.22. The minimum absolute atomic E-state index is 0. The van der Waals surface area contributed by atoms with E-state index in [1.807, 2.05) is 0 Å². The second kappa shape index (κ2) is 9.56. The molecule has 0 heterocycles. The van der Waals surface area contributed by atoms with Crippen molar-refractivity contribution in [3.05, 3.63) is 0 Å². The molecule has 0 atom stereocenters. The van der Waals surface area contributed by atoms with E-state index in [-0.39, 0.29) is 34.7 Å². The minimum atomic E-state index is -4.67. The summed E-state index contributed by atoms with van der Waals surface area (Å²) in [6.07, 6.45) is 0. The molecule has 0 saturated carbocycles. The maximum Gasteiger partial charge on any atom is 3.00 e. The van der Waals surface area contributed by atoms with Gasteiger partial charge < -0.3 is 9.79 Å². The first kappa shape index (κ1) is 23.7. The zero-order chi connectivity index (χ0) is 9.71. The van der Waals surface area contributed by atoms with Crippen LogP contribution in [0.5, 0.6) is 0 Å². The van der Waals surface area contributed by atoms with E-state index in [0.717, 1.165) is 0 Å². The molecule has 0 radical (unpaired) electrons. The van der Waals surface area contributed by atoms with Crippen LogP contribution in [0.25, 0.3) is 0 Å². The topological polar surface area (TPSA) is 162 Å². The summed E-state index contributed by atoms with van der Waals surface area (Å²) in [7, 11) is -9.26. The van der Waals surface area contributed by atoms with Gasteiger partial charge in [0.15, 0.2) is 0 Å². The number of hydrogen-bond donors (Lipinski definition) is 5. The predicted molar refractivity (Wildman–Crippen MR) is 41.4 cm³/mol. The second-order valence-corrected chi connectivity index (χ2v) is 3.06. The van der Waals surface area contributed by atoms with Gasteiger partial charge >= 0.3 is 52.9 Å². The molecule has 0 aromatic heterocycles. The van der Waals surface area contributed by atoms with Crippen molar-refractivity contribution in [3.63, 3.8) is 0 Å². The quantitative estimate of drug-likeness (QED) is 0.120. The van der Waals surface area contributed by atoms with Gasteiger partial charge in [-0.2, -0.15) is 8.42 Å². The van der Waals surface area contributed by atoms with E-state index in [9.17, 15) is 4.57 Å². The van der Waals surface area contributed by atoms with Crippen molar-refractivity contribution in [2.45, 2.75) is 0 Å². The first-order chi connectivity index (χ1) is 4.56. The summed E-state index contributed by atoms with van der Waals surface area (Å²) in [6.45, 7) is 0. The van der Waals surface area contributed by atoms with Crippen LogP contribution in [0.15, 0.2) is 0 Å². The van der Waals surface area contributed by atoms with Crippen LogP contribution in [0, 0.1) is 0 Å². The molecule has 9 nitrogen and oxygen atoms in total. The summed E-state index contributed by atoms with van der Waals surface area (Å²) in [5.41, 5.74) is 0. The third-order valence-corrected chi connectivity index (χ3v) is 0.319. The molecule has 0 saturated heterocycles. The van der Waals surface area contributed by atoms with Crippen molar-refractivity contribution in [1.82, 2.24) is 0 Å². The fourth-order valence-corrected chi connectivity index (χ4v) is 0. The van der Waals surface area contributed by atoms with E-state index in [2.05, 4.69) is 4.67 Å². The molecule has 0 bridgehead atoms. The van der Waals surface area contributed by atoms with E-state index >= 15 is 0 Å². The van der Waals surface area contributed by atoms with Crippen LogP contribution in [0.1, 0.15) is 0 Å². The molecule has 0 unspecified atom stereocenters. The van der Waals surface area contributed by atoms with Crippen molar-refractivity contribution >= 4 is 52.9 Å². The molecule has 0 aromatic rings. The standard InChI is InChI=1S/2Al.H3O5P.H2O4S/c;;1-5-6(2,3)4;1-5(2,3)4/h;;1H,(H2,2,3,4);(H2,1,2,3,4)/q2*+3;;. The fourth-order valence-electron chi connectivity index (χ4n) is 0. The molecule has 13 heavy (non-hydrogen) atoms. The third kappa shape index (κ3) is 98.2. The van der Waals surface area contributed by atoms with Gasteiger partial charge in [-0.05, 0) is 0 Å². The first-order valence-electron chi connectivity index (χ1n) is 1.65. The van der Waals surface area contributed by atoms with Crippen LogP contribution in [0.4, 0.5) is 0 Å². The average molecular weight is 266 g/mol. The summed E-state index contributed by atoms with van der Waals surface area (Å²) in [6, 6.07) is 0. The van der Waals surface area contributed by atoms with Gasteiger partial charge in [0.25, 0.3) is 0 Å². The number of phosphoric acid groups is 1. The maximum atomic E-state index is 9.22. The minimum Gasteiger partial charge on any atom is -0.301 e. The number of rotatable bonds is 1. The van der Waals surface area contributed by atoms with Crippen molar-refractivity contribution in [3.8, 4) is 0 Å². The fraction of sp³-hybridized carbons (Fsp3) is 0. The van der Waals surface area contributed by atoms with Crippen LogP contribution < -0.4 is 0 Å². The largest absolute Gasteiger partial charge is 3.00 e. The summed E-state index contributed by atoms with van der Waals surface area (Å²) in [4.78, 5) is 14.9. The van der Waals surface area contributed by atoms with E-state index in [0.29, 0.717) is 0 Å². The molecule has 0 aliphatic heterocycles. The Morgan fingerprint density at radius 2 is 1.15 bits per heavy atom. The molecule has 0 aliphatic carbocycles. The Morgan fingerprint density at radius 3 is 1.15 bits per heavy atom. The monoisotopic (exact) mass is 266 g/mol. The Morgan fingerprint density at radius 1 is 1.08 bits per heavy atom. The van der Waals surface area contributed by atoms with Gasteiger partial charge in [0.2, 0.25) is 0 Å². The molecule has 0 spiro atoms. The SMILES string of the molecule is O=P(O)(O)OO.O=S(=O)(O)O.[Al+3].[Al+3]. The van der Waals surface area contributed by atoms with Gasteiger partial charge in [-0.15, -0.1) is 4.67 Å². The van der Waals surface area contributed by atoms with Gasteiger partial charge in [0, 0.05) is 0 Å². The van der Waals surface area contributed by atoms with E-state index < -0.39 is 18.2 Å². The van der Waals surface area contributed by atoms with Crippen LogP contribution in [0.3, 0.4) is 0 Å². The zero-order valence-electron chi connectivity index (χ0n) is 5.88. The van der Waals surface area contributed by atoms with Crippen molar-refractivity contribution < 1.29 is 41.8 Å². The van der Waals surface area contributed by atoms with Gasteiger partial charge in [-0.1, -0.05) is 0 Å². The third-order valence-electron chi connectivity index (χ3n) is 0.106. The molecular weight excluding hydrogens is 261 g/mol. The molecular formula is H5Al2O9PS+6. The zero-order valence-corrected chi connectivity index (χ0v) is 9.90. The Bertz CT molecular complexity index is 216. The number of hydrogen-bond acceptors (Lipinski definition) is 5. The van der Waals surface area contributed by atoms with Crippen molar-refractivity contribution in [2.24, 2.45) is 0 Å². The molecule has 0 aliphatic rings. The van der Waals surface area contributed by atoms with Gasteiger partial charge in [-0.3, -0.25) is 9.11 Å². The van der Waals surface area contributed by atoms with Gasteiger partial charge in [0.1, 0.15) is 0 Å². The van der Waals surface area contributed by atoms with E-state index in [1.54, 1.807) is 0 Å². The molecule has 70 valence electrons. The van der Waals surface area contributed by atoms with Gasteiger partial charge in [0.05, 0.1) is 0 Å². The Labute approximate surface area is 94.7 Å². The second-order valence-electron chi connectivity index (χ2n) is 1.02. The van der Waals surface area contributed by atoms with Crippen LogP contribution in [0.2, 0.25) is 0 Å². The summed E-state index contributed by atoms with van der Waals surface area (Å²) < 4.78 is 43.4. The Hall–Kier alpha value is 1.00. The molecule has 0 fully saturated rings. The first-order valence-corrected chi connectivity index (χ1v) is 4.57. The average Bonchev–Trinajstić information content (AvgIpc) is 1.59. The van der Waals surface area contributed by atoms with E-state index in [4.69, 9.17) is 32.6 Å². The Kier molecular flexibility index (Phi) is 17.4. The van der Waals surface area contributed by atoms with Gasteiger partial charge in [-0.25, -0.2) is 9.82 Å². The summed E-state index contributed by atoms with van der Waals surface area (Å²) >= 11 is 0. The van der Waals surface area contributed by atoms with Crippen molar-refractivity contribution in [1.29, 1.82) is 0 Å². The summed E-state index contributed by atoms with van der Waals surface area (Å²) in [5.74, 6) is 0. The molecule has 5 N–H and O–H groups in total.